The molecule has 0 aliphatic carbocycles. The lowest BCUT2D eigenvalue weighted by atomic mass is 9.83. The molecule has 0 spiro atoms. The van der Waals surface area contributed by atoms with Crippen LogP contribution in [-0.4, -0.2) is 18.8 Å². The van der Waals surface area contributed by atoms with E-state index in [9.17, 15) is 0 Å². The molecule has 0 fully saturated rings. The average Bonchev–Trinajstić information content (AvgIpc) is 3.43. The number of aromatic nitrogens is 1. The van der Waals surface area contributed by atoms with Crippen LogP contribution in [0.4, 0.5) is 0 Å². The lowest BCUT2D eigenvalue weighted by Gasteiger charge is -2.37. The Balaban J connectivity index is 1.57. The van der Waals surface area contributed by atoms with Gasteiger partial charge in [-0.2, -0.15) is 0 Å². The molecule has 1 aliphatic rings. The van der Waals surface area contributed by atoms with Crippen LogP contribution in [0.2, 0.25) is 0 Å². The van der Waals surface area contributed by atoms with E-state index in [1.54, 1.807) is 14.2 Å². The number of benzene rings is 6. The van der Waals surface area contributed by atoms with Crippen LogP contribution in [0.1, 0.15) is 22.3 Å². The van der Waals surface area contributed by atoms with Gasteiger partial charge in [0.15, 0.2) is 17.1 Å². The smallest absolute Gasteiger partial charge is 0.178 e. The Bertz CT molecular complexity index is 2180. The SMILES string of the molecule is COc1cc2c3c(c4c(c2cc1OC)c1ccc(C)cc1n4-c1ccccc1)C=CC(c1ccccc1)(c1ccccc1)O3. The number of para-hydroxylation sites is 1. The van der Waals surface area contributed by atoms with Crippen LogP contribution in [0.5, 0.6) is 17.2 Å². The third-order valence-electron chi connectivity index (χ3n) is 8.83. The molecule has 1 aromatic heterocycles. The predicted molar refractivity (Wildman–Crippen MR) is 179 cm³/mol. The van der Waals surface area contributed by atoms with Crippen molar-refractivity contribution >= 4 is 38.7 Å². The third-order valence-corrected chi connectivity index (χ3v) is 8.83. The second-order valence-corrected chi connectivity index (χ2v) is 11.3. The van der Waals surface area contributed by atoms with Crippen molar-refractivity contribution in [2.45, 2.75) is 12.5 Å². The van der Waals surface area contributed by atoms with E-state index >= 15 is 0 Å². The summed E-state index contributed by atoms with van der Waals surface area (Å²) in [6, 6.07) is 42.3. The molecule has 6 aromatic carbocycles. The van der Waals surface area contributed by atoms with E-state index in [4.69, 9.17) is 14.2 Å². The maximum atomic E-state index is 7.40. The quantitative estimate of drug-likeness (QED) is 0.206. The molecule has 0 atom stereocenters. The lowest BCUT2D eigenvalue weighted by molar-refractivity contribution is 0.164. The third kappa shape index (κ3) is 3.77. The van der Waals surface area contributed by atoms with Crippen LogP contribution < -0.4 is 14.2 Å². The highest BCUT2D eigenvalue weighted by Gasteiger charge is 2.39. The number of hydrogen-bond acceptors (Lipinski definition) is 3. The van der Waals surface area contributed by atoms with Gasteiger partial charge in [0, 0.05) is 38.5 Å². The van der Waals surface area contributed by atoms with Crippen molar-refractivity contribution in [1.82, 2.24) is 4.57 Å². The molecule has 7 aromatic rings. The largest absolute Gasteiger partial charge is 0.493 e. The van der Waals surface area contributed by atoms with Crippen LogP contribution in [0.15, 0.2) is 127 Å². The minimum Gasteiger partial charge on any atom is -0.493 e. The first-order chi connectivity index (χ1) is 21.6. The zero-order valence-corrected chi connectivity index (χ0v) is 24.9. The van der Waals surface area contributed by atoms with Crippen molar-refractivity contribution in [3.63, 3.8) is 0 Å². The van der Waals surface area contributed by atoms with E-state index in [0.29, 0.717) is 11.5 Å². The van der Waals surface area contributed by atoms with Crippen LogP contribution in [0, 0.1) is 6.92 Å². The van der Waals surface area contributed by atoms with Gasteiger partial charge in [0.1, 0.15) is 5.75 Å². The van der Waals surface area contributed by atoms with Crippen molar-refractivity contribution in [1.29, 1.82) is 0 Å². The van der Waals surface area contributed by atoms with Crippen LogP contribution in [0.25, 0.3) is 44.3 Å². The number of aryl methyl sites for hydroxylation is 1. The normalized spacial score (nSPS) is 13.6. The number of rotatable bonds is 5. The molecule has 4 heteroatoms. The summed E-state index contributed by atoms with van der Waals surface area (Å²) in [6.45, 7) is 2.14. The monoisotopic (exact) mass is 573 g/mol. The van der Waals surface area contributed by atoms with Crippen molar-refractivity contribution in [3.05, 3.63) is 150 Å². The van der Waals surface area contributed by atoms with Crippen molar-refractivity contribution in [3.8, 4) is 22.9 Å². The predicted octanol–water partition coefficient (Wildman–Crippen LogP) is 9.61. The van der Waals surface area contributed by atoms with Crippen LogP contribution >= 0.6 is 0 Å². The fourth-order valence-corrected chi connectivity index (χ4v) is 6.81. The Labute approximate surface area is 256 Å². The molecule has 214 valence electrons. The molecule has 0 radical (unpaired) electrons. The molecule has 0 saturated heterocycles. The Morgan fingerprint density at radius 2 is 1.23 bits per heavy atom. The fraction of sp³-hybridized carbons (Fsp3) is 0.100. The molecule has 4 nitrogen and oxygen atoms in total. The molecule has 0 saturated carbocycles. The van der Waals surface area contributed by atoms with E-state index in [2.05, 4.69) is 133 Å². The standard InChI is InChI=1S/C40H31NO3/c1-26-19-20-30-34(23-26)41(29-17-11-6-12-18-29)38-31-21-22-40(27-13-7-4-8-14-27,28-15-9-5-10-16-28)44-39(31)33-25-36(43-3)35(42-2)24-32(33)37(30)38/h4-25H,1-3H3. The Hall–Kier alpha value is -5.48. The second kappa shape index (κ2) is 10.1. The number of methoxy groups -OCH3 is 2. The Morgan fingerprint density at radius 3 is 1.84 bits per heavy atom. The summed E-state index contributed by atoms with van der Waals surface area (Å²) in [7, 11) is 3.36. The summed E-state index contributed by atoms with van der Waals surface area (Å²) in [5.74, 6) is 2.14. The zero-order valence-electron chi connectivity index (χ0n) is 24.9. The molecular formula is C40H31NO3. The van der Waals surface area contributed by atoms with Gasteiger partial charge in [0.05, 0.1) is 25.3 Å². The first-order valence-corrected chi connectivity index (χ1v) is 14.8. The van der Waals surface area contributed by atoms with Crippen molar-refractivity contribution in [2.75, 3.05) is 14.2 Å². The maximum absolute atomic E-state index is 7.40. The molecule has 0 amide bonds. The molecule has 44 heavy (non-hydrogen) atoms. The van der Waals surface area contributed by atoms with Crippen molar-refractivity contribution in [2.24, 2.45) is 0 Å². The molecular weight excluding hydrogens is 542 g/mol. The summed E-state index contributed by atoms with van der Waals surface area (Å²) >= 11 is 0. The average molecular weight is 574 g/mol. The minimum absolute atomic E-state index is 0.660. The highest BCUT2D eigenvalue weighted by Crippen LogP contribution is 2.52. The summed E-state index contributed by atoms with van der Waals surface area (Å²) in [5.41, 5.74) is 6.85. The van der Waals surface area contributed by atoms with Gasteiger partial charge in [-0.25, -0.2) is 0 Å². The van der Waals surface area contributed by atoms with E-state index in [0.717, 1.165) is 55.3 Å². The van der Waals surface area contributed by atoms with E-state index in [1.165, 1.54) is 10.9 Å². The highest BCUT2D eigenvalue weighted by atomic mass is 16.5. The number of ether oxygens (including phenoxy) is 3. The second-order valence-electron chi connectivity index (χ2n) is 11.3. The molecule has 1 aliphatic heterocycles. The summed E-state index contributed by atoms with van der Waals surface area (Å²) in [5, 5.41) is 4.34. The molecule has 2 heterocycles. The highest BCUT2D eigenvalue weighted by molar-refractivity contribution is 6.25. The lowest BCUT2D eigenvalue weighted by Crippen LogP contribution is -2.34. The maximum Gasteiger partial charge on any atom is 0.178 e. The van der Waals surface area contributed by atoms with Gasteiger partial charge in [-0.05, 0) is 60.4 Å². The Kier molecular flexibility index (Phi) is 5.98. The molecule has 0 bridgehead atoms. The summed E-state index contributed by atoms with van der Waals surface area (Å²) in [4.78, 5) is 0. The summed E-state index contributed by atoms with van der Waals surface area (Å²) in [6.07, 6.45) is 4.47. The molecule has 0 unspecified atom stereocenters. The minimum atomic E-state index is -0.830. The van der Waals surface area contributed by atoms with Gasteiger partial charge in [-0.15, -0.1) is 0 Å². The first kappa shape index (κ1) is 26.2. The summed E-state index contributed by atoms with van der Waals surface area (Å²) < 4.78 is 21.5. The zero-order chi connectivity index (χ0) is 29.8. The van der Waals surface area contributed by atoms with Crippen molar-refractivity contribution < 1.29 is 14.2 Å². The van der Waals surface area contributed by atoms with E-state index in [-0.39, 0.29) is 0 Å². The van der Waals surface area contributed by atoms with Gasteiger partial charge >= 0.3 is 0 Å². The van der Waals surface area contributed by atoms with E-state index < -0.39 is 5.60 Å². The fourth-order valence-electron chi connectivity index (χ4n) is 6.81. The first-order valence-electron chi connectivity index (χ1n) is 14.8. The van der Waals surface area contributed by atoms with Gasteiger partial charge in [-0.3, -0.25) is 0 Å². The van der Waals surface area contributed by atoms with Gasteiger partial charge in [0.25, 0.3) is 0 Å². The number of fused-ring (bicyclic) bond motifs is 8. The molecule has 0 N–H and O–H groups in total. The van der Waals surface area contributed by atoms with E-state index in [1.807, 2.05) is 12.1 Å². The van der Waals surface area contributed by atoms with Gasteiger partial charge in [-0.1, -0.05) is 91.0 Å². The molecule has 8 rings (SSSR count). The number of nitrogens with zero attached hydrogens (tertiary/aromatic N) is 1. The van der Waals surface area contributed by atoms with Crippen LogP contribution in [-0.2, 0) is 5.60 Å². The van der Waals surface area contributed by atoms with Gasteiger partial charge in [0.2, 0.25) is 0 Å². The number of hydrogen-bond donors (Lipinski definition) is 0. The van der Waals surface area contributed by atoms with Gasteiger partial charge < -0.3 is 18.8 Å². The Morgan fingerprint density at radius 1 is 0.636 bits per heavy atom. The van der Waals surface area contributed by atoms with Crippen LogP contribution in [0.3, 0.4) is 0 Å². The topological polar surface area (TPSA) is 32.6 Å².